The van der Waals surface area contributed by atoms with Crippen LogP contribution in [-0.4, -0.2) is 46.6 Å². The summed E-state index contributed by atoms with van der Waals surface area (Å²) in [5.41, 5.74) is 2.61. The van der Waals surface area contributed by atoms with Gasteiger partial charge in [0.05, 0.1) is 47.6 Å². The van der Waals surface area contributed by atoms with Gasteiger partial charge >= 0.3 is 5.97 Å². The van der Waals surface area contributed by atoms with Gasteiger partial charge in [-0.15, -0.1) is 0 Å². The molecule has 1 unspecified atom stereocenters. The molecule has 8 heteroatoms. The van der Waals surface area contributed by atoms with E-state index >= 15 is 0 Å². The molecule has 1 aliphatic carbocycles. The van der Waals surface area contributed by atoms with Crippen LogP contribution in [-0.2, 0) is 11.2 Å². The Balaban J connectivity index is 2.55. The third kappa shape index (κ3) is 4.66. The number of hydrogen-bond donors (Lipinski definition) is 1. The Kier molecular flexibility index (Phi) is 8.61. The van der Waals surface area contributed by atoms with Crippen molar-refractivity contribution in [1.82, 2.24) is 0 Å². The topological polar surface area (TPSA) is 92.7 Å². The fraction of sp³-hybridized carbons (Fsp3) is 0.536. The van der Waals surface area contributed by atoms with E-state index in [2.05, 4.69) is 6.92 Å². The number of rotatable bonds is 8. The van der Waals surface area contributed by atoms with Gasteiger partial charge in [-0.25, -0.2) is 0 Å². The van der Waals surface area contributed by atoms with Crippen LogP contribution in [0, 0.1) is 17.8 Å². The molecular formula is C28H38O8. The summed E-state index contributed by atoms with van der Waals surface area (Å²) in [5.74, 6) is 1.37. The van der Waals surface area contributed by atoms with E-state index in [0.29, 0.717) is 52.5 Å². The number of aliphatic hydroxyl groups is 1. The van der Waals surface area contributed by atoms with Crippen molar-refractivity contribution >= 4 is 5.97 Å². The van der Waals surface area contributed by atoms with E-state index in [0.717, 1.165) is 5.56 Å². The number of benzene rings is 2. The van der Waals surface area contributed by atoms with Gasteiger partial charge in [-0.2, -0.15) is 0 Å². The molecule has 3 rings (SSSR count). The third-order valence-electron chi connectivity index (χ3n) is 7.29. The second kappa shape index (κ2) is 11.3. The van der Waals surface area contributed by atoms with Crippen LogP contribution in [0.15, 0.2) is 12.1 Å². The predicted octanol–water partition coefficient (Wildman–Crippen LogP) is 5.21. The largest absolute Gasteiger partial charge is 0.493 e. The molecule has 198 valence electrons. The lowest BCUT2D eigenvalue weighted by molar-refractivity contribution is -0.138. The van der Waals surface area contributed by atoms with Crippen LogP contribution in [0.1, 0.15) is 51.3 Å². The maximum atomic E-state index is 13.1. The smallest absolute Gasteiger partial charge is 0.314 e. The monoisotopic (exact) mass is 502 g/mol. The van der Waals surface area contributed by atoms with Crippen LogP contribution in [0.4, 0.5) is 0 Å². The lowest BCUT2D eigenvalue weighted by Crippen LogP contribution is -2.24. The first kappa shape index (κ1) is 27.5. The lowest BCUT2D eigenvalue weighted by Gasteiger charge is -2.33. The minimum absolute atomic E-state index is 0.0854. The van der Waals surface area contributed by atoms with Crippen molar-refractivity contribution in [3.05, 3.63) is 23.3 Å². The van der Waals surface area contributed by atoms with Gasteiger partial charge in [0.1, 0.15) is 0 Å². The van der Waals surface area contributed by atoms with Gasteiger partial charge in [0.15, 0.2) is 23.0 Å². The first-order valence-electron chi connectivity index (χ1n) is 12.2. The molecule has 0 bridgehead atoms. The van der Waals surface area contributed by atoms with Gasteiger partial charge < -0.3 is 33.5 Å². The van der Waals surface area contributed by atoms with E-state index in [1.54, 1.807) is 13.2 Å². The van der Waals surface area contributed by atoms with Gasteiger partial charge in [-0.05, 0) is 47.9 Å². The second-order valence-electron chi connectivity index (χ2n) is 9.30. The van der Waals surface area contributed by atoms with E-state index in [1.807, 2.05) is 26.8 Å². The molecule has 0 amide bonds. The Hall–Kier alpha value is -3.13. The van der Waals surface area contributed by atoms with Crippen molar-refractivity contribution < 1.29 is 38.3 Å². The molecule has 0 saturated heterocycles. The summed E-state index contributed by atoms with van der Waals surface area (Å²) in [6.07, 6.45) is 0.368. The number of carbonyl (C=O) groups excluding carboxylic acids is 1. The number of esters is 1. The third-order valence-corrected chi connectivity index (χ3v) is 7.29. The molecule has 0 spiro atoms. The highest BCUT2D eigenvalue weighted by atomic mass is 16.6. The average molecular weight is 503 g/mol. The molecule has 0 fully saturated rings. The number of hydrogen-bond acceptors (Lipinski definition) is 8. The Bertz CT molecular complexity index is 1110. The Morgan fingerprint density at radius 1 is 0.889 bits per heavy atom. The second-order valence-corrected chi connectivity index (χ2v) is 9.30. The molecular weight excluding hydrogens is 464 g/mol. The zero-order valence-corrected chi connectivity index (χ0v) is 22.7. The maximum absolute atomic E-state index is 13.1. The molecule has 4 atom stereocenters. The van der Waals surface area contributed by atoms with E-state index in [4.69, 9.17) is 28.4 Å². The number of carbonyl (C=O) groups is 1. The molecule has 0 heterocycles. The summed E-state index contributed by atoms with van der Waals surface area (Å²) >= 11 is 0. The van der Waals surface area contributed by atoms with Gasteiger partial charge in [0.25, 0.3) is 0 Å². The van der Waals surface area contributed by atoms with Crippen LogP contribution in [0.25, 0.3) is 11.1 Å². The number of fused-ring (bicyclic) bond motifs is 3. The molecule has 0 aliphatic heterocycles. The fourth-order valence-electron chi connectivity index (χ4n) is 4.71. The maximum Gasteiger partial charge on any atom is 0.314 e. The molecule has 8 nitrogen and oxygen atoms in total. The zero-order valence-electron chi connectivity index (χ0n) is 22.7. The summed E-state index contributed by atoms with van der Waals surface area (Å²) in [7, 11) is 7.63. The summed E-state index contributed by atoms with van der Waals surface area (Å²) in [6.45, 7) is 7.84. The highest BCUT2D eigenvalue weighted by Crippen LogP contribution is 2.57. The van der Waals surface area contributed by atoms with Crippen molar-refractivity contribution in [1.29, 1.82) is 0 Å². The van der Waals surface area contributed by atoms with Crippen molar-refractivity contribution in [3.8, 4) is 45.6 Å². The lowest BCUT2D eigenvalue weighted by atomic mass is 9.76. The van der Waals surface area contributed by atoms with Crippen LogP contribution in [0.2, 0.25) is 0 Å². The molecule has 2 aromatic rings. The minimum Gasteiger partial charge on any atom is -0.493 e. The van der Waals surface area contributed by atoms with E-state index in [9.17, 15) is 9.90 Å². The molecule has 0 saturated carbocycles. The van der Waals surface area contributed by atoms with Gasteiger partial charge in [0, 0.05) is 11.1 Å². The van der Waals surface area contributed by atoms with Gasteiger partial charge in [-0.1, -0.05) is 27.7 Å². The standard InChI is InChI=1S/C28H38O8/c1-10-14(2)28(30)36-27-21-17(12-19(31-5)25(27)34-8)11-15(3)16(4)23(29)18-13-20(32-6)24(33-7)26(35-9)22(18)21/h12-16,23,29H,10-11H2,1-9H3/t14?,15-,16-,23-/m1/s1. The predicted molar refractivity (Wildman–Crippen MR) is 137 cm³/mol. The molecule has 0 radical (unpaired) electrons. The molecule has 0 aromatic heterocycles. The quantitative estimate of drug-likeness (QED) is 0.389. The Morgan fingerprint density at radius 2 is 1.44 bits per heavy atom. The fourth-order valence-corrected chi connectivity index (χ4v) is 4.71. The highest BCUT2D eigenvalue weighted by molar-refractivity contribution is 5.91. The molecule has 1 aliphatic rings. The number of aliphatic hydroxyl groups excluding tert-OH is 1. The summed E-state index contributed by atoms with van der Waals surface area (Å²) in [6, 6.07) is 3.66. The van der Waals surface area contributed by atoms with Crippen molar-refractivity contribution in [2.75, 3.05) is 35.5 Å². The highest BCUT2D eigenvalue weighted by Gasteiger charge is 2.37. The van der Waals surface area contributed by atoms with Gasteiger partial charge in [-0.3, -0.25) is 4.79 Å². The van der Waals surface area contributed by atoms with Crippen LogP contribution >= 0.6 is 0 Å². The van der Waals surface area contributed by atoms with Gasteiger partial charge in [0.2, 0.25) is 11.5 Å². The SMILES string of the molecule is CCC(C)C(=O)Oc1c(OC)c(OC)cc2c1-c1c(cc(OC)c(OC)c1OC)[C@H](O)[C@H](C)[C@H](C)C2. The van der Waals surface area contributed by atoms with Crippen molar-refractivity contribution in [3.63, 3.8) is 0 Å². The minimum atomic E-state index is -0.844. The normalized spacial score (nSPS) is 19.7. The summed E-state index contributed by atoms with van der Waals surface area (Å²) in [4.78, 5) is 13.1. The van der Waals surface area contributed by atoms with Crippen LogP contribution in [0.5, 0.6) is 34.5 Å². The Labute approximate surface area is 213 Å². The van der Waals surface area contributed by atoms with E-state index < -0.39 is 12.1 Å². The van der Waals surface area contributed by atoms with Crippen LogP contribution < -0.4 is 28.4 Å². The molecule has 36 heavy (non-hydrogen) atoms. The van der Waals surface area contributed by atoms with Crippen LogP contribution in [0.3, 0.4) is 0 Å². The Morgan fingerprint density at radius 3 is 1.97 bits per heavy atom. The van der Waals surface area contributed by atoms with E-state index in [-0.39, 0.29) is 29.3 Å². The first-order valence-corrected chi connectivity index (χ1v) is 12.2. The number of methoxy groups -OCH3 is 5. The first-order chi connectivity index (χ1) is 17.2. The van der Waals surface area contributed by atoms with Crippen molar-refractivity contribution in [2.24, 2.45) is 17.8 Å². The summed E-state index contributed by atoms with van der Waals surface area (Å²) < 4.78 is 34.6. The van der Waals surface area contributed by atoms with E-state index in [1.165, 1.54) is 28.4 Å². The molecule has 1 N–H and O–H groups in total. The summed E-state index contributed by atoms with van der Waals surface area (Å²) in [5, 5.41) is 11.5. The zero-order chi connectivity index (χ0) is 26.7. The number of ether oxygens (including phenoxy) is 6. The van der Waals surface area contributed by atoms with Crippen molar-refractivity contribution in [2.45, 2.75) is 46.6 Å². The molecule has 2 aromatic carbocycles. The average Bonchev–Trinajstić information content (AvgIpc) is 2.89.